The average Bonchev–Trinajstić information content (AvgIpc) is 2.57. The van der Waals surface area contributed by atoms with Crippen LogP contribution in [0.4, 0.5) is 0 Å². The maximum Gasteiger partial charge on any atom is 0.0875 e. The Balaban J connectivity index is 2.25. The van der Waals surface area contributed by atoms with Crippen LogP contribution >= 0.6 is 23.2 Å². The fourth-order valence-corrected chi connectivity index (χ4v) is 3.50. The van der Waals surface area contributed by atoms with Crippen LogP contribution in [0.5, 0.6) is 0 Å². The minimum absolute atomic E-state index is 0.0892. The van der Waals surface area contributed by atoms with Gasteiger partial charge in [0.1, 0.15) is 0 Å². The summed E-state index contributed by atoms with van der Waals surface area (Å²) in [5, 5.41) is 4.37. The molecule has 1 heterocycles. The molecular formula is C13H17Cl2NO2S. The zero-order chi connectivity index (χ0) is 13.8. The van der Waals surface area contributed by atoms with Gasteiger partial charge in [-0.1, -0.05) is 29.3 Å². The van der Waals surface area contributed by atoms with Gasteiger partial charge in [-0.15, -0.1) is 0 Å². The molecule has 3 nitrogen and oxygen atoms in total. The van der Waals surface area contributed by atoms with Crippen molar-refractivity contribution in [1.82, 2.24) is 5.32 Å². The van der Waals surface area contributed by atoms with Crippen LogP contribution in [0.2, 0.25) is 10.0 Å². The van der Waals surface area contributed by atoms with E-state index in [1.165, 1.54) is 0 Å². The summed E-state index contributed by atoms with van der Waals surface area (Å²) in [7, 11) is -0.854. The molecule has 1 aliphatic heterocycles. The van der Waals surface area contributed by atoms with E-state index in [4.69, 9.17) is 27.9 Å². The van der Waals surface area contributed by atoms with E-state index in [1.54, 1.807) is 12.3 Å². The zero-order valence-electron chi connectivity index (χ0n) is 10.7. The molecule has 3 atom stereocenters. The van der Waals surface area contributed by atoms with Gasteiger partial charge in [0.25, 0.3) is 0 Å². The number of benzene rings is 1. The van der Waals surface area contributed by atoms with Crippen molar-refractivity contribution < 1.29 is 8.95 Å². The maximum atomic E-state index is 11.5. The van der Waals surface area contributed by atoms with Crippen molar-refractivity contribution >= 4 is 34.0 Å². The number of halogens is 2. The molecule has 106 valence electrons. The second-order valence-electron chi connectivity index (χ2n) is 4.67. The fraction of sp³-hybridized carbons (Fsp3) is 0.538. The molecule has 0 saturated carbocycles. The number of hydrogen-bond acceptors (Lipinski definition) is 3. The Bertz CT molecular complexity index is 470. The van der Waals surface area contributed by atoms with Crippen LogP contribution in [0.3, 0.4) is 0 Å². The molecule has 1 aromatic carbocycles. The predicted octanol–water partition coefficient (Wildman–Crippen LogP) is 2.65. The highest BCUT2D eigenvalue weighted by Crippen LogP contribution is 2.32. The highest BCUT2D eigenvalue weighted by atomic mass is 35.5. The Morgan fingerprint density at radius 2 is 2.21 bits per heavy atom. The first-order valence-corrected chi connectivity index (χ1v) is 8.63. The lowest BCUT2D eigenvalue weighted by atomic mass is 9.97. The molecule has 1 aromatic rings. The Kier molecular flexibility index (Phi) is 5.66. The first kappa shape index (κ1) is 15.3. The van der Waals surface area contributed by atoms with E-state index < -0.39 is 10.8 Å². The van der Waals surface area contributed by atoms with Crippen LogP contribution in [0.25, 0.3) is 0 Å². The van der Waals surface area contributed by atoms with Gasteiger partial charge in [0, 0.05) is 41.8 Å². The quantitative estimate of drug-likeness (QED) is 0.930. The molecule has 1 fully saturated rings. The topological polar surface area (TPSA) is 38.3 Å². The summed E-state index contributed by atoms with van der Waals surface area (Å²) >= 11 is 12.0. The minimum Gasteiger partial charge on any atom is -0.372 e. The lowest BCUT2D eigenvalue weighted by Gasteiger charge is -2.24. The van der Waals surface area contributed by atoms with Gasteiger partial charge in [-0.05, 0) is 17.7 Å². The Labute approximate surface area is 126 Å². The van der Waals surface area contributed by atoms with Crippen molar-refractivity contribution in [3.8, 4) is 0 Å². The van der Waals surface area contributed by atoms with Crippen molar-refractivity contribution in [3.05, 3.63) is 33.8 Å². The Morgan fingerprint density at radius 3 is 2.89 bits per heavy atom. The predicted molar refractivity (Wildman–Crippen MR) is 80.4 cm³/mol. The lowest BCUT2D eigenvalue weighted by molar-refractivity contribution is 0.0372. The van der Waals surface area contributed by atoms with Gasteiger partial charge in [-0.25, -0.2) is 0 Å². The molecule has 2 rings (SSSR count). The van der Waals surface area contributed by atoms with Gasteiger partial charge in [-0.3, -0.25) is 4.21 Å². The molecule has 1 saturated heterocycles. The van der Waals surface area contributed by atoms with E-state index in [2.05, 4.69) is 5.32 Å². The van der Waals surface area contributed by atoms with Gasteiger partial charge in [0.05, 0.1) is 22.8 Å². The van der Waals surface area contributed by atoms with Crippen molar-refractivity contribution in [2.75, 3.05) is 31.7 Å². The van der Waals surface area contributed by atoms with Crippen LogP contribution < -0.4 is 5.32 Å². The third kappa shape index (κ3) is 4.17. The summed E-state index contributed by atoms with van der Waals surface area (Å²) in [5.74, 6) is 0.781. The second-order valence-corrected chi connectivity index (χ2v) is 6.96. The van der Waals surface area contributed by atoms with Crippen molar-refractivity contribution in [2.24, 2.45) is 5.92 Å². The van der Waals surface area contributed by atoms with Crippen LogP contribution in [0.15, 0.2) is 18.2 Å². The Hall–Kier alpha value is -0.130. The number of ether oxygens (including phenoxy) is 1. The number of rotatable bonds is 3. The van der Waals surface area contributed by atoms with Gasteiger partial charge in [0.2, 0.25) is 0 Å². The normalized spacial score (nSPS) is 25.8. The number of nitrogens with one attached hydrogen (secondary N) is 1. The van der Waals surface area contributed by atoms with E-state index in [0.29, 0.717) is 22.4 Å². The van der Waals surface area contributed by atoms with Crippen molar-refractivity contribution in [2.45, 2.75) is 6.10 Å². The van der Waals surface area contributed by atoms with Crippen molar-refractivity contribution in [3.63, 3.8) is 0 Å². The summed E-state index contributed by atoms with van der Waals surface area (Å²) in [6, 6.07) is 5.54. The second kappa shape index (κ2) is 7.04. The first-order valence-electron chi connectivity index (χ1n) is 6.15. The van der Waals surface area contributed by atoms with E-state index in [0.717, 1.165) is 18.7 Å². The molecule has 1 aliphatic rings. The monoisotopic (exact) mass is 321 g/mol. The van der Waals surface area contributed by atoms with Gasteiger partial charge in [-0.2, -0.15) is 0 Å². The average molecular weight is 322 g/mol. The van der Waals surface area contributed by atoms with Crippen LogP contribution in [-0.4, -0.2) is 35.9 Å². The molecular weight excluding hydrogens is 305 g/mol. The highest BCUT2D eigenvalue weighted by Gasteiger charge is 2.27. The largest absolute Gasteiger partial charge is 0.372 e. The fourth-order valence-electron chi connectivity index (χ4n) is 2.29. The summed E-state index contributed by atoms with van der Waals surface area (Å²) in [4.78, 5) is 0. The first-order chi connectivity index (χ1) is 9.08. The third-order valence-electron chi connectivity index (χ3n) is 3.13. The third-order valence-corrected chi connectivity index (χ3v) is 4.77. The van der Waals surface area contributed by atoms with Crippen LogP contribution in [-0.2, 0) is 15.5 Å². The molecule has 6 heteroatoms. The number of hydrogen-bond donors (Lipinski definition) is 1. The van der Waals surface area contributed by atoms with Gasteiger partial charge >= 0.3 is 0 Å². The summed E-state index contributed by atoms with van der Waals surface area (Å²) < 4.78 is 17.4. The van der Waals surface area contributed by atoms with Crippen LogP contribution in [0, 0.1) is 5.92 Å². The zero-order valence-corrected chi connectivity index (χ0v) is 13.0. The summed E-state index contributed by atoms with van der Waals surface area (Å²) in [6.45, 7) is 2.24. The van der Waals surface area contributed by atoms with E-state index in [-0.39, 0.29) is 12.0 Å². The Morgan fingerprint density at radius 1 is 1.42 bits per heavy atom. The van der Waals surface area contributed by atoms with Gasteiger partial charge in [0.15, 0.2) is 0 Å². The minimum atomic E-state index is -0.854. The maximum absolute atomic E-state index is 11.5. The molecule has 1 N–H and O–H groups in total. The van der Waals surface area contributed by atoms with Gasteiger partial charge < -0.3 is 10.1 Å². The molecule has 19 heavy (non-hydrogen) atoms. The molecule has 0 bridgehead atoms. The molecule has 0 amide bonds. The molecule has 3 unspecified atom stereocenters. The summed E-state index contributed by atoms with van der Waals surface area (Å²) in [6.07, 6.45) is 1.63. The molecule has 0 aromatic heterocycles. The van der Waals surface area contributed by atoms with E-state index in [9.17, 15) is 4.21 Å². The van der Waals surface area contributed by atoms with E-state index in [1.807, 2.05) is 12.1 Å². The van der Waals surface area contributed by atoms with Crippen molar-refractivity contribution in [1.29, 1.82) is 0 Å². The standard InChI is InChI=1S/C13H17Cl2NO2S/c1-19(17)8-10-7-16-4-5-18-13(10)9-2-3-11(14)12(15)6-9/h2-3,6,10,13,16H,4-5,7-8H2,1H3. The lowest BCUT2D eigenvalue weighted by Crippen LogP contribution is -2.28. The van der Waals surface area contributed by atoms with Crippen LogP contribution in [0.1, 0.15) is 11.7 Å². The smallest absolute Gasteiger partial charge is 0.0875 e. The molecule has 0 aliphatic carbocycles. The SMILES string of the molecule is CS(=O)CC1CNCCOC1c1ccc(Cl)c(Cl)c1. The summed E-state index contributed by atoms with van der Waals surface area (Å²) in [5.41, 5.74) is 0.994. The molecule has 0 radical (unpaired) electrons. The highest BCUT2D eigenvalue weighted by molar-refractivity contribution is 7.84. The molecule has 0 spiro atoms. The van der Waals surface area contributed by atoms with E-state index >= 15 is 0 Å².